The number of ether oxygens (including phenoxy) is 1. The second-order valence-electron chi connectivity index (χ2n) is 7.06. The molecule has 1 aliphatic rings. The molecule has 1 fully saturated rings. The Morgan fingerprint density at radius 2 is 2.10 bits per heavy atom. The molecule has 0 saturated carbocycles. The number of pyridine rings is 1. The molecule has 2 aromatic heterocycles. The Balaban J connectivity index is 1.41. The molecule has 1 N–H and O–H groups in total. The number of imidazole rings is 1. The van der Waals surface area contributed by atoms with Crippen LogP contribution in [-0.4, -0.2) is 52.6 Å². The second-order valence-corrected chi connectivity index (χ2v) is 7.06. The summed E-state index contributed by atoms with van der Waals surface area (Å²) in [6.07, 6.45) is 8.34. The topological polar surface area (TPSA) is 67.6 Å². The summed E-state index contributed by atoms with van der Waals surface area (Å²) in [6, 6.07) is 12.4. The second kappa shape index (κ2) is 8.77. The SMILES string of the molecule is CN=C(NCc1cccnc1-n1ccnc1)N1CCC(c2ccc(OC)cc2)C1. The first-order valence-electron chi connectivity index (χ1n) is 9.80. The summed E-state index contributed by atoms with van der Waals surface area (Å²) in [6.45, 7) is 2.59. The van der Waals surface area contributed by atoms with Crippen LogP contribution in [0.3, 0.4) is 0 Å². The van der Waals surface area contributed by atoms with Crippen LogP contribution in [0.4, 0.5) is 0 Å². The van der Waals surface area contributed by atoms with Crippen molar-refractivity contribution in [3.63, 3.8) is 0 Å². The molecule has 1 unspecified atom stereocenters. The fourth-order valence-corrected chi connectivity index (χ4v) is 3.79. The largest absolute Gasteiger partial charge is 0.497 e. The fourth-order valence-electron chi connectivity index (χ4n) is 3.79. The molecule has 150 valence electrons. The number of nitrogens with one attached hydrogen (secondary N) is 1. The number of methoxy groups -OCH3 is 1. The molecule has 0 spiro atoms. The van der Waals surface area contributed by atoms with Gasteiger partial charge in [0, 0.05) is 56.8 Å². The highest BCUT2D eigenvalue weighted by Crippen LogP contribution is 2.28. The van der Waals surface area contributed by atoms with Crippen LogP contribution < -0.4 is 10.1 Å². The highest BCUT2D eigenvalue weighted by Gasteiger charge is 2.26. The molecule has 1 aliphatic heterocycles. The number of aliphatic imine (C=N–C) groups is 1. The molecule has 1 saturated heterocycles. The molecule has 1 aromatic carbocycles. The summed E-state index contributed by atoms with van der Waals surface area (Å²) in [4.78, 5) is 15.5. The summed E-state index contributed by atoms with van der Waals surface area (Å²) in [5.74, 6) is 3.19. The smallest absolute Gasteiger partial charge is 0.193 e. The van der Waals surface area contributed by atoms with Crippen LogP contribution in [0.5, 0.6) is 5.75 Å². The highest BCUT2D eigenvalue weighted by molar-refractivity contribution is 5.80. The number of nitrogens with zero attached hydrogens (tertiary/aromatic N) is 5. The number of hydrogen-bond acceptors (Lipinski definition) is 4. The maximum absolute atomic E-state index is 5.27. The van der Waals surface area contributed by atoms with Crippen molar-refractivity contribution in [1.82, 2.24) is 24.8 Å². The van der Waals surface area contributed by atoms with Gasteiger partial charge in [0.25, 0.3) is 0 Å². The first-order chi connectivity index (χ1) is 14.3. The van der Waals surface area contributed by atoms with Gasteiger partial charge in [-0.3, -0.25) is 9.56 Å². The van der Waals surface area contributed by atoms with Crippen molar-refractivity contribution in [3.8, 4) is 11.6 Å². The average molecular weight is 390 g/mol. The zero-order valence-corrected chi connectivity index (χ0v) is 16.8. The molecular weight excluding hydrogens is 364 g/mol. The van der Waals surface area contributed by atoms with Crippen LogP contribution in [0.15, 0.2) is 66.3 Å². The van der Waals surface area contributed by atoms with Gasteiger partial charge in [-0.2, -0.15) is 0 Å². The third-order valence-electron chi connectivity index (χ3n) is 5.34. The van der Waals surface area contributed by atoms with Crippen LogP contribution in [0.2, 0.25) is 0 Å². The molecule has 0 bridgehead atoms. The van der Waals surface area contributed by atoms with Gasteiger partial charge >= 0.3 is 0 Å². The minimum atomic E-state index is 0.499. The maximum atomic E-state index is 5.27. The lowest BCUT2D eigenvalue weighted by Gasteiger charge is -2.22. The van der Waals surface area contributed by atoms with Crippen molar-refractivity contribution >= 4 is 5.96 Å². The predicted octanol–water partition coefficient (Wildman–Crippen LogP) is 2.84. The third kappa shape index (κ3) is 4.23. The Kier molecular flexibility index (Phi) is 5.74. The predicted molar refractivity (Wildman–Crippen MR) is 113 cm³/mol. The van der Waals surface area contributed by atoms with Crippen molar-refractivity contribution in [2.45, 2.75) is 18.9 Å². The Morgan fingerprint density at radius 3 is 2.83 bits per heavy atom. The first kappa shape index (κ1) is 19.0. The summed E-state index contributed by atoms with van der Waals surface area (Å²) in [5, 5.41) is 3.50. The van der Waals surface area contributed by atoms with Crippen molar-refractivity contribution in [3.05, 3.63) is 72.4 Å². The summed E-state index contributed by atoms with van der Waals surface area (Å²) in [7, 11) is 3.53. The zero-order valence-electron chi connectivity index (χ0n) is 16.8. The normalized spacial score (nSPS) is 16.8. The van der Waals surface area contributed by atoms with Gasteiger partial charge in [-0.25, -0.2) is 9.97 Å². The van der Waals surface area contributed by atoms with Crippen LogP contribution in [0, 0.1) is 0 Å². The Bertz CT molecular complexity index is 952. The molecule has 4 rings (SSSR count). The van der Waals surface area contributed by atoms with Gasteiger partial charge in [0.2, 0.25) is 0 Å². The summed E-state index contributed by atoms with van der Waals surface area (Å²) in [5.41, 5.74) is 2.44. The van der Waals surface area contributed by atoms with E-state index in [1.165, 1.54) is 5.56 Å². The zero-order chi connectivity index (χ0) is 20.1. The van der Waals surface area contributed by atoms with Gasteiger partial charge in [-0.15, -0.1) is 0 Å². The maximum Gasteiger partial charge on any atom is 0.193 e. The lowest BCUT2D eigenvalue weighted by atomic mass is 9.98. The monoisotopic (exact) mass is 390 g/mol. The van der Waals surface area contributed by atoms with Gasteiger partial charge in [-0.05, 0) is 30.2 Å². The number of guanidine groups is 1. The lowest BCUT2D eigenvalue weighted by Crippen LogP contribution is -2.39. The van der Waals surface area contributed by atoms with E-state index in [4.69, 9.17) is 4.74 Å². The molecule has 7 nitrogen and oxygen atoms in total. The van der Waals surface area contributed by atoms with Gasteiger partial charge in [0.15, 0.2) is 5.96 Å². The molecule has 3 heterocycles. The van der Waals surface area contributed by atoms with E-state index < -0.39 is 0 Å². The van der Waals surface area contributed by atoms with E-state index in [9.17, 15) is 0 Å². The molecule has 3 aromatic rings. The minimum Gasteiger partial charge on any atom is -0.497 e. The van der Waals surface area contributed by atoms with Crippen LogP contribution in [0.1, 0.15) is 23.5 Å². The molecule has 29 heavy (non-hydrogen) atoms. The van der Waals surface area contributed by atoms with E-state index in [2.05, 4.69) is 43.4 Å². The van der Waals surface area contributed by atoms with E-state index in [0.717, 1.165) is 42.6 Å². The van der Waals surface area contributed by atoms with E-state index >= 15 is 0 Å². The standard InChI is InChI=1S/C22H26N6O/c1-23-22(26-14-18-4-3-10-25-21(18)28-13-11-24-16-28)27-12-9-19(15-27)17-5-7-20(29-2)8-6-17/h3-8,10-11,13,16,19H,9,12,14-15H2,1-2H3,(H,23,26). The fraction of sp³-hybridized carbons (Fsp3) is 0.318. The molecule has 1 atom stereocenters. The van der Waals surface area contributed by atoms with Crippen LogP contribution >= 0.6 is 0 Å². The number of rotatable bonds is 5. The highest BCUT2D eigenvalue weighted by atomic mass is 16.5. The molecule has 0 aliphatic carbocycles. The van der Waals surface area contributed by atoms with Crippen molar-refractivity contribution in [1.29, 1.82) is 0 Å². The molecule has 0 radical (unpaired) electrons. The van der Waals surface area contributed by atoms with Crippen molar-refractivity contribution in [2.24, 2.45) is 4.99 Å². The van der Waals surface area contributed by atoms with Gasteiger partial charge < -0.3 is 15.0 Å². The number of benzene rings is 1. The third-order valence-corrected chi connectivity index (χ3v) is 5.34. The van der Waals surface area contributed by atoms with E-state index in [0.29, 0.717) is 12.5 Å². The quantitative estimate of drug-likeness (QED) is 0.536. The van der Waals surface area contributed by atoms with Crippen LogP contribution in [-0.2, 0) is 6.54 Å². The van der Waals surface area contributed by atoms with Gasteiger partial charge in [0.1, 0.15) is 17.9 Å². The summed E-state index contributed by atoms with van der Waals surface area (Å²) >= 11 is 0. The molecular formula is C22H26N6O. The number of likely N-dealkylation sites (tertiary alicyclic amines) is 1. The van der Waals surface area contributed by atoms with Crippen LogP contribution in [0.25, 0.3) is 5.82 Å². The number of hydrogen-bond donors (Lipinski definition) is 1. The van der Waals surface area contributed by atoms with Gasteiger partial charge in [-0.1, -0.05) is 18.2 Å². The van der Waals surface area contributed by atoms with Crippen molar-refractivity contribution in [2.75, 3.05) is 27.2 Å². The molecule has 7 heteroatoms. The van der Waals surface area contributed by atoms with E-state index in [1.54, 1.807) is 25.8 Å². The van der Waals surface area contributed by atoms with E-state index in [1.807, 2.05) is 36.0 Å². The Morgan fingerprint density at radius 1 is 1.24 bits per heavy atom. The van der Waals surface area contributed by atoms with E-state index in [-0.39, 0.29) is 0 Å². The van der Waals surface area contributed by atoms with Gasteiger partial charge in [0.05, 0.1) is 7.11 Å². The Labute approximate surface area is 171 Å². The minimum absolute atomic E-state index is 0.499. The molecule has 0 amide bonds. The average Bonchev–Trinajstić information content (AvgIpc) is 3.47. The van der Waals surface area contributed by atoms with Crippen molar-refractivity contribution < 1.29 is 4.74 Å². The first-order valence-corrected chi connectivity index (χ1v) is 9.80. The number of aromatic nitrogens is 3. The Hall–Kier alpha value is -3.35. The summed E-state index contributed by atoms with van der Waals surface area (Å²) < 4.78 is 7.19. The lowest BCUT2D eigenvalue weighted by molar-refractivity contribution is 0.414.